The number of aromatic nitrogens is 5. The van der Waals surface area contributed by atoms with Gasteiger partial charge in [-0.15, -0.1) is 0 Å². The molecule has 0 bridgehead atoms. The van der Waals surface area contributed by atoms with Crippen molar-refractivity contribution in [3.05, 3.63) is 66.7 Å². The average Bonchev–Trinajstić information content (AvgIpc) is 3.39. The lowest BCUT2D eigenvalue weighted by Crippen LogP contribution is -2.08. The number of hydrogen-bond acceptors (Lipinski definition) is 5. The molecule has 0 aliphatic carbocycles. The SMILES string of the molecule is O=P(O)(O)CCn1c(-c2cccc(-c3nc4ccccc4n3CCP(=O)(O)O)n2)nc2ccccc21. The summed E-state index contributed by atoms with van der Waals surface area (Å²) in [6, 6.07) is 19.9. The Labute approximate surface area is 205 Å². The van der Waals surface area contributed by atoms with Gasteiger partial charge in [0, 0.05) is 13.1 Å². The highest BCUT2D eigenvalue weighted by atomic mass is 31.2. The molecule has 0 atom stereocenters. The summed E-state index contributed by atoms with van der Waals surface area (Å²) >= 11 is 0. The zero-order valence-electron chi connectivity index (χ0n) is 18.9. The van der Waals surface area contributed by atoms with Crippen molar-refractivity contribution in [2.75, 3.05) is 12.3 Å². The predicted octanol–water partition coefficient (Wildman–Crippen LogP) is 3.47. The van der Waals surface area contributed by atoms with Gasteiger partial charge in [0.2, 0.25) is 0 Å². The fourth-order valence-corrected chi connectivity index (χ4v) is 5.06. The number of imidazole rings is 2. The zero-order chi connectivity index (χ0) is 25.5. The minimum Gasteiger partial charge on any atom is -0.324 e. The number of pyridine rings is 1. The Bertz CT molecular complexity index is 1550. The van der Waals surface area contributed by atoms with E-state index in [2.05, 4.69) is 9.97 Å². The highest BCUT2D eigenvalue weighted by Gasteiger charge is 2.21. The van der Waals surface area contributed by atoms with Crippen LogP contribution in [0.1, 0.15) is 0 Å². The summed E-state index contributed by atoms with van der Waals surface area (Å²) < 4.78 is 26.6. The average molecular weight is 527 g/mol. The third-order valence-electron chi connectivity index (χ3n) is 5.75. The Kier molecular flexibility index (Phi) is 6.38. The minimum atomic E-state index is -4.24. The van der Waals surface area contributed by atoms with Crippen LogP contribution in [0.15, 0.2) is 66.7 Å². The second kappa shape index (κ2) is 9.37. The molecule has 0 aliphatic rings. The molecular formula is C23H23N5O6P2. The van der Waals surface area contributed by atoms with Crippen LogP contribution in [-0.4, -0.2) is 56.0 Å². The van der Waals surface area contributed by atoms with E-state index in [1.165, 1.54) is 0 Å². The van der Waals surface area contributed by atoms with Crippen molar-refractivity contribution in [1.82, 2.24) is 24.1 Å². The van der Waals surface area contributed by atoms with Crippen LogP contribution < -0.4 is 0 Å². The van der Waals surface area contributed by atoms with Crippen LogP contribution in [0, 0.1) is 0 Å². The van der Waals surface area contributed by atoms with Crippen LogP contribution in [0.25, 0.3) is 45.1 Å². The number of para-hydroxylation sites is 4. The quantitative estimate of drug-likeness (QED) is 0.221. The van der Waals surface area contributed by atoms with E-state index < -0.39 is 15.2 Å². The van der Waals surface area contributed by atoms with Gasteiger partial charge in [-0.3, -0.25) is 9.13 Å². The third kappa shape index (κ3) is 5.17. The van der Waals surface area contributed by atoms with E-state index in [9.17, 15) is 28.7 Å². The van der Waals surface area contributed by atoms with Gasteiger partial charge >= 0.3 is 15.2 Å². The smallest absolute Gasteiger partial charge is 0.324 e. The number of fused-ring (bicyclic) bond motifs is 2. The maximum absolute atomic E-state index is 11.6. The molecule has 13 heteroatoms. The molecule has 11 nitrogen and oxygen atoms in total. The molecule has 0 saturated carbocycles. The summed E-state index contributed by atoms with van der Waals surface area (Å²) in [5, 5.41) is 0. The summed E-state index contributed by atoms with van der Waals surface area (Å²) in [6.45, 7) is 0.0969. The van der Waals surface area contributed by atoms with E-state index in [1.54, 1.807) is 27.3 Å². The molecule has 186 valence electrons. The molecule has 5 rings (SSSR count). The topological polar surface area (TPSA) is 164 Å². The Morgan fingerprint density at radius 2 is 1.00 bits per heavy atom. The largest absolute Gasteiger partial charge is 0.327 e. The number of rotatable bonds is 8. The number of aryl methyl sites for hydroxylation is 2. The monoisotopic (exact) mass is 527 g/mol. The van der Waals surface area contributed by atoms with Gasteiger partial charge in [0.15, 0.2) is 11.6 Å². The molecule has 0 saturated heterocycles. The Morgan fingerprint density at radius 1 is 0.583 bits per heavy atom. The summed E-state index contributed by atoms with van der Waals surface area (Å²) in [5.74, 6) is 0.897. The fourth-order valence-electron chi connectivity index (χ4n) is 4.14. The number of hydrogen-bond donors (Lipinski definition) is 4. The predicted molar refractivity (Wildman–Crippen MR) is 136 cm³/mol. The molecule has 3 aromatic heterocycles. The maximum atomic E-state index is 11.6. The van der Waals surface area contributed by atoms with Gasteiger partial charge in [0.25, 0.3) is 0 Å². The molecule has 2 aromatic carbocycles. The van der Waals surface area contributed by atoms with Gasteiger partial charge in [0.05, 0.1) is 34.4 Å². The van der Waals surface area contributed by atoms with Crippen molar-refractivity contribution in [2.45, 2.75) is 13.1 Å². The van der Waals surface area contributed by atoms with E-state index in [-0.39, 0.29) is 25.4 Å². The van der Waals surface area contributed by atoms with Crippen LogP contribution in [-0.2, 0) is 22.2 Å². The lowest BCUT2D eigenvalue weighted by atomic mass is 10.2. The molecule has 4 N–H and O–H groups in total. The molecule has 0 amide bonds. The van der Waals surface area contributed by atoms with Gasteiger partial charge in [-0.05, 0) is 36.4 Å². The first-order valence-electron chi connectivity index (χ1n) is 11.1. The van der Waals surface area contributed by atoms with Gasteiger partial charge in [-0.1, -0.05) is 30.3 Å². The Morgan fingerprint density at radius 3 is 1.42 bits per heavy atom. The highest BCUT2D eigenvalue weighted by molar-refractivity contribution is 7.52. The van der Waals surface area contributed by atoms with Crippen molar-refractivity contribution in [2.24, 2.45) is 0 Å². The summed E-state index contributed by atoms with van der Waals surface area (Å²) in [4.78, 5) is 51.9. The standard InChI is InChI=1S/C23H23N5O6P2/c29-35(30,31)14-12-27-20-10-3-1-6-16(20)25-22(27)18-8-5-9-19(24-18)23-26-17-7-2-4-11-21(17)28(23)13-15-36(32,33)34/h1-11H,12-15H2,(H2,29,30,31)(H2,32,33,34). The van der Waals surface area contributed by atoms with Gasteiger partial charge in [-0.25, -0.2) is 15.0 Å². The van der Waals surface area contributed by atoms with E-state index in [0.717, 1.165) is 11.0 Å². The molecule has 0 unspecified atom stereocenters. The number of nitrogens with zero attached hydrogens (tertiary/aromatic N) is 5. The third-order valence-corrected chi connectivity index (χ3v) is 7.31. The first-order valence-corrected chi connectivity index (χ1v) is 14.7. The molecule has 36 heavy (non-hydrogen) atoms. The van der Waals surface area contributed by atoms with Crippen molar-refractivity contribution in [3.8, 4) is 23.0 Å². The second-order valence-corrected chi connectivity index (χ2v) is 11.9. The van der Waals surface area contributed by atoms with E-state index in [1.807, 2.05) is 48.5 Å². The molecule has 0 aliphatic heterocycles. The van der Waals surface area contributed by atoms with Crippen molar-refractivity contribution < 1.29 is 28.7 Å². The molecule has 0 fully saturated rings. The van der Waals surface area contributed by atoms with Gasteiger partial charge in [0.1, 0.15) is 11.4 Å². The number of benzene rings is 2. The van der Waals surface area contributed by atoms with E-state index >= 15 is 0 Å². The molecule has 0 spiro atoms. The maximum Gasteiger partial charge on any atom is 0.327 e. The first-order chi connectivity index (χ1) is 17.1. The van der Waals surface area contributed by atoms with Crippen LogP contribution in [0.5, 0.6) is 0 Å². The first kappa shape index (κ1) is 24.5. The Balaban J connectivity index is 1.62. The summed E-state index contributed by atoms with van der Waals surface area (Å²) in [6.07, 6.45) is -0.698. The summed E-state index contributed by atoms with van der Waals surface area (Å²) in [7, 11) is -8.49. The van der Waals surface area contributed by atoms with E-state index in [4.69, 9.17) is 4.98 Å². The zero-order valence-corrected chi connectivity index (χ0v) is 20.7. The van der Waals surface area contributed by atoms with Crippen molar-refractivity contribution in [1.29, 1.82) is 0 Å². The van der Waals surface area contributed by atoms with E-state index in [0.29, 0.717) is 34.1 Å². The van der Waals surface area contributed by atoms with Crippen LogP contribution >= 0.6 is 15.2 Å². The highest BCUT2D eigenvalue weighted by Crippen LogP contribution is 2.37. The van der Waals surface area contributed by atoms with Gasteiger partial charge < -0.3 is 28.7 Å². The van der Waals surface area contributed by atoms with Crippen molar-refractivity contribution in [3.63, 3.8) is 0 Å². The van der Waals surface area contributed by atoms with Crippen LogP contribution in [0.2, 0.25) is 0 Å². The molecular weight excluding hydrogens is 504 g/mol. The van der Waals surface area contributed by atoms with Crippen LogP contribution in [0.3, 0.4) is 0 Å². The normalized spacial score (nSPS) is 12.6. The van der Waals surface area contributed by atoms with Gasteiger partial charge in [-0.2, -0.15) is 0 Å². The molecule has 0 radical (unpaired) electrons. The van der Waals surface area contributed by atoms with Crippen LogP contribution in [0.4, 0.5) is 0 Å². The minimum absolute atomic E-state index is 0.0484. The lowest BCUT2D eigenvalue weighted by molar-refractivity contribution is 0.368. The Hall–Kier alpha value is -3.17. The van der Waals surface area contributed by atoms with Crippen molar-refractivity contribution >= 4 is 37.3 Å². The lowest BCUT2D eigenvalue weighted by Gasteiger charge is -2.12. The summed E-state index contributed by atoms with van der Waals surface area (Å²) in [5.41, 5.74) is 3.73. The molecule has 5 aromatic rings. The second-order valence-electron chi connectivity index (χ2n) is 8.34. The molecule has 3 heterocycles. The fraction of sp³-hybridized carbons (Fsp3) is 0.174.